The maximum atomic E-state index is 11.4. The van der Waals surface area contributed by atoms with Gasteiger partial charge in [-0.15, -0.1) is 0 Å². The number of carbonyl (C=O) groups is 1. The summed E-state index contributed by atoms with van der Waals surface area (Å²) >= 11 is 0. The molecule has 0 spiro atoms. The third-order valence-electron chi connectivity index (χ3n) is 2.06. The molecule has 2 N–H and O–H groups in total. The van der Waals surface area contributed by atoms with Crippen molar-refractivity contribution >= 4 is 5.97 Å². The lowest BCUT2D eigenvalue weighted by atomic mass is 10.2. The third-order valence-corrected chi connectivity index (χ3v) is 2.06. The highest BCUT2D eigenvalue weighted by molar-refractivity contribution is 5.74. The van der Waals surface area contributed by atoms with Crippen LogP contribution < -0.4 is 5.73 Å². The third kappa shape index (κ3) is 4.00. The molecular formula is C12H17NO3. The molecule has 0 saturated heterocycles. The van der Waals surface area contributed by atoms with Crippen molar-refractivity contribution in [2.24, 2.45) is 5.73 Å². The van der Waals surface area contributed by atoms with Gasteiger partial charge in [-0.05, 0) is 12.5 Å². The van der Waals surface area contributed by atoms with E-state index in [1.54, 1.807) is 6.92 Å². The van der Waals surface area contributed by atoms with E-state index in [4.69, 9.17) is 15.2 Å². The fraction of sp³-hybridized carbons (Fsp3) is 0.417. The number of hydrogen-bond donors (Lipinski definition) is 1. The van der Waals surface area contributed by atoms with E-state index in [2.05, 4.69) is 0 Å². The van der Waals surface area contributed by atoms with Gasteiger partial charge in [0, 0.05) is 6.54 Å². The molecule has 1 atom stereocenters. The van der Waals surface area contributed by atoms with Crippen LogP contribution in [0.5, 0.6) is 0 Å². The average molecular weight is 223 g/mol. The molecular weight excluding hydrogens is 206 g/mol. The molecule has 1 aromatic rings. The van der Waals surface area contributed by atoms with Crippen molar-refractivity contribution in [1.82, 2.24) is 0 Å². The molecule has 4 nitrogen and oxygen atoms in total. The Balaban J connectivity index is 2.43. The second-order valence-electron chi connectivity index (χ2n) is 3.27. The zero-order valence-corrected chi connectivity index (χ0v) is 9.39. The Morgan fingerprint density at radius 1 is 1.38 bits per heavy atom. The fourth-order valence-electron chi connectivity index (χ4n) is 1.24. The van der Waals surface area contributed by atoms with Crippen molar-refractivity contribution < 1.29 is 14.3 Å². The van der Waals surface area contributed by atoms with Crippen molar-refractivity contribution in [3.63, 3.8) is 0 Å². The van der Waals surface area contributed by atoms with E-state index >= 15 is 0 Å². The van der Waals surface area contributed by atoms with Crippen LogP contribution in [0.1, 0.15) is 12.5 Å². The zero-order valence-electron chi connectivity index (χ0n) is 9.39. The molecule has 1 rings (SSSR count). The van der Waals surface area contributed by atoms with Crippen LogP contribution in [0.25, 0.3) is 0 Å². The highest BCUT2D eigenvalue weighted by Crippen LogP contribution is 2.04. The number of rotatable bonds is 6. The Bertz CT molecular complexity index is 313. The molecule has 0 bridgehead atoms. The molecule has 88 valence electrons. The molecule has 0 radical (unpaired) electrons. The first-order chi connectivity index (χ1) is 7.77. The molecule has 0 amide bonds. The minimum Gasteiger partial charge on any atom is -0.464 e. The first kappa shape index (κ1) is 12.7. The van der Waals surface area contributed by atoms with Crippen LogP contribution in [-0.4, -0.2) is 25.2 Å². The van der Waals surface area contributed by atoms with E-state index in [1.165, 1.54) is 0 Å². The van der Waals surface area contributed by atoms with Crippen LogP contribution in [0, 0.1) is 0 Å². The van der Waals surface area contributed by atoms with Crippen molar-refractivity contribution in [2.75, 3.05) is 13.2 Å². The van der Waals surface area contributed by atoms with Crippen LogP contribution in [-0.2, 0) is 20.9 Å². The summed E-state index contributed by atoms with van der Waals surface area (Å²) in [6.45, 7) is 2.58. The van der Waals surface area contributed by atoms with Crippen LogP contribution in [0.3, 0.4) is 0 Å². The van der Waals surface area contributed by atoms with E-state index in [9.17, 15) is 4.79 Å². The van der Waals surface area contributed by atoms with E-state index in [0.29, 0.717) is 13.2 Å². The second-order valence-corrected chi connectivity index (χ2v) is 3.27. The van der Waals surface area contributed by atoms with Gasteiger partial charge in [-0.2, -0.15) is 0 Å². The Labute approximate surface area is 95.3 Å². The molecule has 0 heterocycles. The van der Waals surface area contributed by atoms with Crippen LogP contribution in [0.2, 0.25) is 0 Å². The second kappa shape index (κ2) is 6.98. The summed E-state index contributed by atoms with van der Waals surface area (Å²) in [4.78, 5) is 11.4. The fourth-order valence-corrected chi connectivity index (χ4v) is 1.24. The van der Waals surface area contributed by atoms with Crippen molar-refractivity contribution in [2.45, 2.75) is 19.6 Å². The van der Waals surface area contributed by atoms with Crippen molar-refractivity contribution in [3.8, 4) is 0 Å². The number of carbonyl (C=O) groups excluding carboxylic acids is 1. The van der Waals surface area contributed by atoms with Crippen molar-refractivity contribution in [3.05, 3.63) is 35.9 Å². The molecule has 0 aliphatic heterocycles. The van der Waals surface area contributed by atoms with Gasteiger partial charge in [-0.3, -0.25) is 0 Å². The molecule has 0 unspecified atom stereocenters. The minimum absolute atomic E-state index is 0.131. The van der Waals surface area contributed by atoms with Gasteiger partial charge in [0.05, 0.1) is 13.2 Å². The maximum Gasteiger partial charge on any atom is 0.336 e. The summed E-state index contributed by atoms with van der Waals surface area (Å²) in [7, 11) is 0. The van der Waals surface area contributed by atoms with Gasteiger partial charge in [0.1, 0.15) is 0 Å². The average Bonchev–Trinajstić information content (AvgIpc) is 2.31. The van der Waals surface area contributed by atoms with Gasteiger partial charge >= 0.3 is 5.97 Å². The number of benzene rings is 1. The maximum absolute atomic E-state index is 11.4. The Kier molecular flexibility index (Phi) is 5.53. The summed E-state index contributed by atoms with van der Waals surface area (Å²) in [6.07, 6.45) is -0.680. The molecule has 0 aliphatic rings. The first-order valence-corrected chi connectivity index (χ1v) is 5.30. The van der Waals surface area contributed by atoms with Gasteiger partial charge in [-0.1, -0.05) is 30.3 Å². The Morgan fingerprint density at radius 3 is 2.62 bits per heavy atom. The summed E-state index contributed by atoms with van der Waals surface area (Å²) in [5.41, 5.74) is 6.45. The molecule has 0 fully saturated rings. The normalized spacial score (nSPS) is 12.1. The van der Waals surface area contributed by atoms with Crippen molar-refractivity contribution in [1.29, 1.82) is 0 Å². The monoisotopic (exact) mass is 223 g/mol. The summed E-state index contributed by atoms with van der Waals surface area (Å²) in [6, 6.07) is 9.62. The Morgan fingerprint density at radius 2 is 2.06 bits per heavy atom. The molecule has 4 heteroatoms. The SMILES string of the molecule is CCOC(=O)[C@H](CN)OCc1ccccc1. The quantitative estimate of drug-likeness (QED) is 0.733. The lowest BCUT2D eigenvalue weighted by Gasteiger charge is -2.14. The standard InChI is InChI=1S/C12H17NO3/c1-2-15-12(14)11(8-13)16-9-10-6-4-3-5-7-10/h3-7,11H,2,8-9,13H2,1H3/t11-/m0/s1. The molecule has 0 aliphatic carbocycles. The van der Waals surface area contributed by atoms with E-state index in [1.807, 2.05) is 30.3 Å². The van der Waals surface area contributed by atoms with E-state index < -0.39 is 12.1 Å². The summed E-state index contributed by atoms with van der Waals surface area (Å²) < 4.78 is 10.2. The van der Waals surface area contributed by atoms with Gasteiger partial charge in [-0.25, -0.2) is 4.79 Å². The van der Waals surface area contributed by atoms with E-state index in [-0.39, 0.29) is 6.54 Å². The van der Waals surface area contributed by atoms with E-state index in [0.717, 1.165) is 5.56 Å². The smallest absolute Gasteiger partial charge is 0.336 e. The number of esters is 1. The highest BCUT2D eigenvalue weighted by Gasteiger charge is 2.18. The highest BCUT2D eigenvalue weighted by atomic mass is 16.6. The molecule has 1 aromatic carbocycles. The lowest BCUT2D eigenvalue weighted by Crippen LogP contribution is -2.33. The van der Waals surface area contributed by atoms with Gasteiger partial charge in [0.2, 0.25) is 0 Å². The van der Waals surface area contributed by atoms with Crippen LogP contribution in [0.4, 0.5) is 0 Å². The number of ether oxygens (including phenoxy) is 2. The molecule has 0 saturated carbocycles. The Hall–Kier alpha value is -1.39. The molecule has 16 heavy (non-hydrogen) atoms. The molecule has 0 aromatic heterocycles. The number of hydrogen-bond acceptors (Lipinski definition) is 4. The topological polar surface area (TPSA) is 61.5 Å². The predicted octanol–water partition coefficient (Wildman–Crippen LogP) is 1.09. The first-order valence-electron chi connectivity index (χ1n) is 5.30. The van der Waals surface area contributed by atoms with Gasteiger partial charge in [0.25, 0.3) is 0 Å². The van der Waals surface area contributed by atoms with Crippen LogP contribution >= 0.6 is 0 Å². The zero-order chi connectivity index (χ0) is 11.8. The van der Waals surface area contributed by atoms with Gasteiger partial charge in [0.15, 0.2) is 6.10 Å². The minimum atomic E-state index is -0.680. The van der Waals surface area contributed by atoms with Gasteiger partial charge < -0.3 is 15.2 Å². The summed E-state index contributed by atoms with van der Waals surface area (Å²) in [5.74, 6) is -0.402. The summed E-state index contributed by atoms with van der Waals surface area (Å²) in [5, 5.41) is 0. The number of nitrogens with two attached hydrogens (primary N) is 1. The predicted molar refractivity (Wildman–Crippen MR) is 60.7 cm³/mol. The largest absolute Gasteiger partial charge is 0.464 e. The van der Waals surface area contributed by atoms with Crippen LogP contribution in [0.15, 0.2) is 30.3 Å². The lowest BCUT2D eigenvalue weighted by molar-refractivity contribution is -0.156.